The maximum atomic E-state index is 11.0. The van der Waals surface area contributed by atoms with E-state index in [4.69, 9.17) is 10.2 Å². The Morgan fingerprint density at radius 2 is 0.913 bits per heavy atom. The van der Waals surface area contributed by atoms with Gasteiger partial charge in [0.15, 0.2) is 0 Å². The van der Waals surface area contributed by atoms with Gasteiger partial charge in [-0.1, -0.05) is 166 Å². The second-order valence-corrected chi connectivity index (χ2v) is 14.1. The monoisotopic (exact) mass is 637 g/mol. The van der Waals surface area contributed by atoms with Crippen molar-refractivity contribution >= 4 is 22.7 Å². The summed E-state index contributed by atoms with van der Waals surface area (Å²) in [6.45, 7) is 4.59. The molecule has 4 nitrogen and oxygen atoms in total. The molecule has 0 radical (unpaired) electrons. The fourth-order valence-electron chi connectivity index (χ4n) is 7.54. The zero-order valence-corrected chi connectivity index (χ0v) is 29.8. The Kier molecular flexibility index (Phi) is 21.4. The van der Waals surface area contributed by atoms with Crippen LogP contribution >= 0.6 is 0 Å². The Hall–Kier alpha value is -2.36. The smallest absolute Gasteiger partial charge is 0.303 e. The first-order valence-corrected chi connectivity index (χ1v) is 19.4. The van der Waals surface area contributed by atoms with Crippen LogP contribution < -0.4 is 0 Å². The van der Waals surface area contributed by atoms with Crippen molar-refractivity contribution < 1.29 is 19.8 Å². The molecule has 0 aliphatic heterocycles. The van der Waals surface area contributed by atoms with Crippen LogP contribution in [0.15, 0.2) is 36.4 Å². The molecule has 2 rings (SSSR count). The number of aliphatic carboxylic acids is 2. The van der Waals surface area contributed by atoms with Gasteiger partial charge in [0.25, 0.3) is 0 Å². The third-order valence-corrected chi connectivity index (χ3v) is 10.2. The summed E-state index contributed by atoms with van der Waals surface area (Å²) in [4.78, 5) is 21.7. The topological polar surface area (TPSA) is 74.6 Å². The van der Waals surface area contributed by atoms with Crippen molar-refractivity contribution in [2.75, 3.05) is 0 Å². The molecule has 0 heterocycles. The average molecular weight is 637 g/mol. The number of benzene rings is 2. The highest BCUT2D eigenvalue weighted by Crippen LogP contribution is 2.44. The quantitative estimate of drug-likeness (QED) is 0.0837. The molecule has 4 heteroatoms. The predicted octanol–water partition coefficient (Wildman–Crippen LogP) is 13.0. The molecule has 46 heavy (non-hydrogen) atoms. The number of hydrogen-bond donors (Lipinski definition) is 2. The van der Waals surface area contributed by atoms with E-state index in [9.17, 15) is 9.59 Å². The number of carbonyl (C=O) groups is 2. The molecule has 260 valence electrons. The van der Waals surface area contributed by atoms with Crippen LogP contribution in [0.3, 0.4) is 0 Å². The van der Waals surface area contributed by atoms with Crippen LogP contribution in [0.25, 0.3) is 10.8 Å². The standard InChI is InChI=1S/C42H68O4/c1-3-5-7-18-26-36-27-24-29-38-37(36)28-25-30-39(38)42(33-21-8-6-4-2,35-23-17-13-15-20-32-41(45)46)34-22-16-12-10-9-11-14-19-31-40(43)44/h24-25,27-30H,3-23,26,31-35H2,1-2H3,(H,43,44)(H,45,46). The van der Waals surface area contributed by atoms with Crippen LogP contribution in [0.1, 0.15) is 192 Å². The van der Waals surface area contributed by atoms with E-state index in [2.05, 4.69) is 50.2 Å². The largest absolute Gasteiger partial charge is 0.481 e. The van der Waals surface area contributed by atoms with Gasteiger partial charge in [0.1, 0.15) is 0 Å². The molecular weight excluding hydrogens is 568 g/mol. The summed E-state index contributed by atoms with van der Waals surface area (Å²) < 4.78 is 0. The summed E-state index contributed by atoms with van der Waals surface area (Å²) >= 11 is 0. The highest BCUT2D eigenvalue weighted by Gasteiger charge is 2.32. The molecule has 0 saturated heterocycles. The molecule has 0 saturated carbocycles. The molecule has 1 unspecified atom stereocenters. The minimum absolute atomic E-state index is 0.186. The van der Waals surface area contributed by atoms with Crippen LogP contribution in [0.4, 0.5) is 0 Å². The minimum atomic E-state index is -0.676. The lowest BCUT2D eigenvalue weighted by Crippen LogP contribution is -2.27. The fourth-order valence-corrected chi connectivity index (χ4v) is 7.54. The second-order valence-electron chi connectivity index (χ2n) is 14.1. The van der Waals surface area contributed by atoms with E-state index >= 15 is 0 Å². The zero-order valence-electron chi connectivity index (χ0n) is 29.8. The van der Waals surface area contributed by atoms with Gasteiger partial charge < -0.3 is 10.2 Å². The van der Waals surface area contributed by atoms with Crippen molar-refractivity contribution in [3.05, 3.63) is 47.5 Å². The van der Waals surface area contributed by atoms with Crippen LogP contribution in [0.5, 0.6) is 0 Å². The van der Waals surface area contributed by atoms with Gasteiger partial charge in [-0.2, -0.15) is 0 Å². The number of aryl methyl sites for hydroxylation is 1. The van der Waals surface area contributed by atoms with Gasteiger partial charge in [0.2, 0.25) is 0 Å². The van der Waals surface area contributed by atoms with E-state index in [1.807, 2.05) is 0 Å². The van der Waals surface area contributed by atoms with E-state index in [0.717, 1.165) is 44.9 Å². The first-order valence-electron chi connectivity index (χ1n) is 19.4. The molecule has 0 amide bonds. The molecule has 2 N–H and O–H groups in total. The molecular formula is C42H68O4. The summed E-state index contributed by atoms with van der Waals surface area (Å²) in [7, 11) is 0. The third-order valence-electron chi connectivity index (χ3n) is 10.2. The van der Waals surface area contributed by atoms with E-state index in [1.165, 1.54) is 132 Å². The fraction of sp³-hybridized carbons (Fsp3) is 0.714. The lowest BCUT2D eigenvalue weighted by Gasteiger charge is -2.37. The highest BCUT2D eigenvalue weighted by atomic mass is 16.4. The van der Waals surface area contributed by atoms with Crippen molar-refractivity contribution in [1.82, 2.24) is 0 Å². The normalized spacial score (nSPS) is 12.8. The Bertz CT molecular complexity index is 1090. The van der Waals surface area contributed by atoms with Crippen molar-refractivity contribution in [2.24, 2.45) is 0 Å². The zero-order chi connectivity index (χ0) is 33.3. The maximum absolute atomic E-state index is 11.0. The summed E-state index contributed by atoms with van der Waals surface area (Å²) in [6.07, 6.45) is 30.4. The first-order chi connectivity index (χ1) is 22.4. The molecule has 0 fully saturated rings. The molecule has 0 aliphatic rings. The van der Waals surface area contributed by atoms with E-state index in [1.54, 1.807) is 5.56 Å². The molecule has 2 aromatic rings. The van der Waals surface area contributed by atoms with Gasteiger partial charge in [0, 0.05) is 12.8 Å². The van der Waals surface area contributed by atoms with Crippen molar-refractivity contribution in [1.29, 1.82) is 0 Å². The summed E-state index contributed by atoms with van der Waals surface area (Å²) in [5, 5.41) is 20.8. The Morgan fingerprint density at radius 1 is 0.500 bits per heavy atom. The van der Waals surface area contributed by atoms with E-state index in [0.29, 0.717) is 12.8 Å². The molecule has 1 atom stereocenters. The van der Waals surface area contributed by atoms with Gasteiger partial charge in [-0.15, -0.1) is 0 Å². The SMILES string of the molecule is CCCCCCc1cccc2c(C(CCCCCC)(CCCCCCCCCCC(=O)O)CCCCCCCC(=O)O)cccc12. The molecule has 0 aromatic heterocycles. The van der Waals surface area contributed by atoms with E-state index < -0.39 is 11.9 Å². The van der Waals surface area contributed by atoms with E-state index in [-0.39, 0.29) is 5.41 Å². The Morgan fingerprint density at radius 3 is 1.41 bits per heavy atom. The molecule has 0 spiro atoms. The van der Waals surface area contributed by atoms with Crippen molar-refractivity contribution in [3.8, 4) is 0 Å². The average Bonchev–Trinajstić information content (AvgIpc) is 3.04. The molecule has 0 aliphatic carbocycles. The maximum Gasteiger partial charge on any atom is 0.303 e. The predicted molar refractivity (Wildman–Crippen MR) is 196 cm³/mol. The minimum Gasteiger partial charge on any atom is -0.481 e. The van der Waals surface area contributed by atoms with Crippen molar-refractivity contribution in [2.45, 2.75) is 193 Å². The molecule has 2 aromatic carbocycles. The van der Waals surface area contributed by atoms with Gasteiger partial charge in [-0.3, -0.25) is 9.59 Å². The number of carboxylic acids is 2. The summed E-state index contributed by atoms with van der Waals surface area (Å²) in [5.74, 6) is -1.35. The van der Waals surface area contributed by atoms with Gasteiger partial charge in [-0.05, 0) is 72.3 Å². The second kappa shape index (κ2) is 24.8. The van der Waals surface area contributed by atoms with Gasteiger partial charge in [0.05, 0.1) is 0 Å². The lowest BCUT2D eigenvalue weighted by molar-refractivity contribution is -0.138. The first kappa shape index (κ1) is 39.8. The summed E-state index contributed by atoms with van der Waals surface area (Å²) in [5.41, 5.74) is 3.28. The van der Waals surface area contributed by atoms with Crippen LogP contribution in [0.2, 0.25) is 0 Å². The van der Waals surface area contributed by atoms with Gasteiger partial charge in [-0.25, -0.2) is 0 Å². The summed E-state index contributed by atoms with van der Waals surface area (Å²) in [6, 6.07) is 14.2. The Balaban J connectivity index is 2.21. The van der Waals surface area contributed by atoms with Crippen LogP contribution in [-0.2, 0) is 21.4 Å². The number of unbranched alkanes of at least 4 members (excludes halogenated alkanes) is 17. The van der Waals surface area contributed by atoms with Crippen molar-refractivity contribution in [3.63, 3.8) is 0 Å². The van der Waals surface area contributed by atoms with Gasteiger partial charge >= 0.3 is 11.9 Å². The third kappa shape index (κ3) is 16.0. The van der Waals surface area contributed by atoms with Crippen LogP contribution in [0, 0.1) is 0 Å². The lowest BCUT2D eigenvalue weighted by atomic mass is 9.67. The van der Waals surface area contributed by atoms with Crippen LogP contribution in [-0.4, -0.2) is 22.2 Å². The highest BCUT2D eigenvalue weighted by molar-refractivity contribution is 5.89. The number of carboxylic acid groups (broad SMARTS) is 2. The number of hydrogen-bond acceptors (Lipinski definition) is 2. The number of rotatable bonds is 30. The molecule has 0 bridgehead atoms. The number of fused-ring (bicyclic) bond motifs is 1. The Labute approximate surface area is 282 Å².